The number of hydrogen-bond donors (Lipinski definition) is 0. The van der Waals surface area contributed by atoms with Gasteiger partial charge in [0.05, 0.1) is 23.9 Å². The van der Waals surface area contributed by atoms with Gasteiger partial charge in [-0.1, -0.05) is 11.6 Å². The fourth-order valence-corrected chi connectivity index (χ4v) is 4.47. The predicted molar refractivity (Wildman–Crippen MR) is 108 cm³/mol. The van der Waals surface area contributed by atoms with Crippen molar-refractivity contribution in [2.45, 2.75) is 6.54 Å². The van der Waals surface area contributed by atoms with Crippen molar-refractivity contribution in [2.75, 3.05) is 57.4 Å². The van der Waals surface area contributed by atoms with E-state index in [1.165, 1.54) is 18.2 Å². The highest BCUT2D eigenvalue weighted by Gasteiger charge is 2.24. The highest BCUT2D eigenvalue weighted by molar-refractivity contribution is 7.13. The van der Waals surface area contributed by atoms with Crippen LogP contribution in [0.2, 0.25) is 5.02 Å². The molecule has 2 fully saturated rings. The van der Waals surface area contributed by atoms with E-state index < -0.39 is 5.82 Å². The van der Waals surface area contributed by atoms with Crippen LogP contribution in [0.5, 0.6) is 0 Å². The van der Waals surface area contributed by atoms with Gasteiger partial charge >= 0.3 is 0 Å². The molecule has 0 spiro atoms. The zero-order valence-electron chi connectivity index (χ0n) is 15.4. The Morgan fingerprint density at radius 3 is 2.64 bits per heavy atom. The zero-order chi connectivity index (χ0) is 19.5. The third-order valence-electron chi connectivity index (χ3n) is 5.03. The van der Waals surface area contributed by atoms with E-state index in [-0.39, 0.29) is 10.9 Å². The summed E-state index contributed by atoms with van der Waals surface area (Å²) in [7, 11) is 0. The van der Waals surface area contributed by atoms with E-state index in [4.69, 9.17) is 21.3 Å². The van der Waals surface area contributed by atoms with Gasteiger partial charge in [-0.25, -0.2) is 9.37 Å². The lowest BCUT2D eigenvalue weighted by molar-refractivity contribution is 0.0337. The molecule has 0 atom stereocenters. The molecular formula is C19H22ClFN4O2S. The molecule has 2 aliphatic rings. The van der Waals surface area contributed by atoms with Gasteiger partial charge in [0.2, 0.25) is 0 Å². The van der Waals surface area contributed by atoms with Gasteiger partial charge in [-0.05, 0) is 18.2 Å². The Morgan fingerprint density at radius 1 is 1.18 bits per heavy atom. The van der Waals surface area contributed by atoms with E-state index in [1.807, 2.05) is 0 Å². The summed E-state index contributed by atoms with van der Waals surface area (Å²) in [5.41, 5.74) is 1.50. The number of anilines is 1. The summed E-state index contributed by atoms with van der Waals surface area (Å²) in [5.74, 6) is -0.631. The van der Waals surface area contributed by atoms with Crippen LogP contribution in [0.25, 0.3) is 0 Å². The Kier molecular flexibility index (Phi) is 6.10. The molecule has 2 saturated heterocycles. The van der Waals surface area contributed by atoms with Crippen LogP contribution in [0.15, 0.2) is 23.6 Å². The van der Waals surface area contributed by atoms with Crippen molar-refractivity contribution in [3.05, 3.63) is 45.7 Å². The molecule has 0 bridgehead atoms. The molecule has 2 aliphatic heterocycles. The van der Waals surface area contributed by atoms with Gasteiger partial charge in [-0.15, -0.1) is 11.3 Å². The number of thiazole rings is 1. The average molecular weight is 425 g/mol. The summed E-state index contributed by atoms with van der Waals surface area (Å²) in [6.45, 7) is 6.97. The van der Waals surface area contributed by atoms with E-state index in [9.17, 15) is 9.18 Å². The number of benzene rings is 1. The third kappa shape index (κ3) is 4.46. The fourth-order valence-electron chi connectivity index (χ4n) is 3.42. The molecule has 1 amide bonds. The van der Waals surface area contributed by atoms with Crippen LogP contribution in [-0.2, 0) is 11.3 Å². The number of amides is 1. The molecule has 0 N–H and O–H groups in total. The van der Waals surface area contributed by atoms with Crippen molar-refractivity contribution in [1.29, 1.82) is 0 Å². The summed E-state index contributed by atoms with van der Waals surface area (Å²) < 4.78 is 18.7. The fraction of sp³-hybridized carbons (Fsp3) is 0.474. The molecule has 1 aromatic carbocycles. The standard InChI is InChI=1S/C19H22ClFN4O2S/c20-16-11-14(1-2-17(16)21)18(26)24-3-5-25(6-4-24)19-22-15(13-28-19)12-23-7-9-27-10-8-23/h1-2,11,13H,3-10,12H2. The SMILES string of the molecule is O=C(c1ccc(F)c(Cl)c1)N1CCN(c2nc(CN3CCOCC3)cs2)CC1. The molecule has 150 valence electrons. The normalized spacial score (nSPS) is 18.5. The van der Waals surface area contributed by atoms with Crippen LogP contribution in [0.3, 0.4) is 0 Å². The largest absolute Gasteiger partial charge is 0.379 e. The van der Waals surface area contributed by atoms with Crippen LogP contribution in [0, 0.1) is 5.82 Å². The first-order valence-electron chi connectivity index (χ1n) is 9.34. The summed E-state index contributed by atoms with van der Waals surface area (Å²) >= 11 is 7.45. The first-order valence-corrected chi connectivity index (χ1v) is 10.6. The number of carbonyl (C=O) groups is 1. The molecule has 0 radical (unpaired) electrons. The van der Waals surface area contributed by atoms with E-state index in [0.717, 1.165) is 56.8 Å². The molecule has 28 heavy (non-hydrogen) atoms. The molecule has 0 saturated carbocycles. The van der Waals surface area contributed by atoms with E-state index in [0.29, 0.717) is 18.7 Å². The first-order chi connectivity index (χ1) is 13.6. The van der Waals surface area contributed by atoms with E-state index in [2.05, 4.69) is 15.2 Å². The zero-order valence-corrected chi connectivity index (χ0v) is 17.0. The van der Waals surface area contributed by atoms with Crippen molar-refractivity contribution < 1.29 is 13.9 Å². The number of piperazine rings is 1. The molecule has 2 aromatic rings. The number of morpholine rings is 1. The van der Waals surface area contributed by atoms with Crippen molar-refractivity contribution in [2.24, 2.45) is 0 Å². The third-order valence-corrected chi connectivity index (χ3v) is 6.27. The van der Waals surface area contributed by atoms with Gasteiger partial charge in [0.1, 0.15) is 5.82 Å². The number of hydrogen-bond acceptors (Lipinski definition) is 6. The van der Waals surface area contributed by atoms with Gasteiger partial charge in [-0.3, -0.25) is 9.69 Å². The second kappa shape index (κ2) is 8.73. The molecule has 9 heteroatoms. The van der Waals surface area contributed by atoms with E-state index in [1.54, 1.807) is 16.2 Å². The van der Waals surface area contributed by atoms with Gasteiger partial charge < -0.3 is 14.5 Å². The number of rotatable bonds is 4. The van der Waals surface area contributed by atoms with Crippen molar-refractivity contribution >= 4 is 34.0 Å². The van der Waals surface area contributed by atoms with E-state index >= 15 is 0 Å². The number of nitrogens with zero attached hydrogens (tertiary/aromatic N) is 4. The predicted octanol–water partition coefficient (Wildman–Crippen LogP) is 2.73. The smallest absolute Gasteiger partial charge is 0.254 e. The molecule has 0 aliphatic carbocycles. The molecule has 6 nitrogen and oxygen atoms in total. The Balaban J connectivity index is 1.32. The second-order valence-corrected chi connectivity index (χ2v) is 8.16. The topological polar surface area (TPSA) is 48.9 Å². The lowest BCUT2D eigenvalue weighted by Crippen LogP contribution is -2.48. The maximum absolute atomic E-state index is 13.3. The molecule has 0 unspecified atom stereocenters. The molecule has 1 aromatic heterocycles. The number of ether oxygens (including phenoxy) is 1. The summed E-state index contributed by atoms with van der Waals surface area (Å²) in [4.78, 5) is 23.8. The second-order valence-electron chi connectivity index (χ2n) is 6.92. The first kappa shape index (κ1) is 19.6. The van der Waals surface area contributed by atoms with Crippen molar-refractivity contribution in [1.82, 2.24) is 14.8 Å². The Morgan fingerprint density at radius 2 is 1.93 bits per heavy atom. The minimum atomic E-state index is -0.514. The van der Waals surface area contributed by atoms with Crippen LogP contribution in [0.4, 0.5) is 9.52 Å². The lowest BCUT2D eigenvalue weighted by Gasteiger charge is -2.34. The van der Waals surface area contributed by atoms with Crippen LogP contribution in [-0.4, -0.2) is 73.2 Å². The summed E-state index contributed by atoms with van der Waals surface area (Å²) in [6.07, 6.45) is 0. The monoisotopic (exact) mass is 424 g/mol. The minimum absolute atomic E-state index is 0.0277. The van der Waals surface area contributed by atoms with Gasteiger partial charge in [0.25, 0.3) is 5.91 Å². The van der Waals surface area contributed by atoms with Crippen molar-refractivity contribution in [3.8, 4) is 0 Å². The molecular weight excluding hydrogens is 403 g/mol. The molecule has 3 heterocycles. The lowest BCUT2D eigenvalue weighted by atomic mass is 10.2. The number of carbonyl (C=O) groups excluding carboxylic acids is 1. The number of aromatic nitrogens is 1. The van der Waals surface area contributed by atoms with Crippen LogP contribution >= 0.6 is 22.9 Å². The van der Waals surface area contributed by atoms with Gasteiger partial charge in [0, 0.05) is 56.8 Å². The highest BCUT2D eigenvalue weighted by atomic mass is 35.5. The molecule has 4 rings (SSSR count). The maximum atomic E-state index is 13.3. The minimum Gasteiger partial charge on any atom is -0.379 e. The van der Waals surface area contributed by atoms with Crippen molar-refractivity contribution in [3.63, 3.8) is 0 Å². The highest BCUT2D eigenvalue weighted by Crippen LogP contribution is 2.24. The van der Waals surface area contributed by atoms with Crippen LogP contribution < -0.4 is 4.90 Å². The van der Waals surface area contributed by atoms with Gasteiger partial charge in [-0.2, -0.15) is 0 Å². The van der Waals surface area contributed by atoms with Gasteiger partial charge in [0.15, 0.2) is 5.13 Å². The average Bonchev–Trinajstić information content (AvgIpc) is 3.19. The Hall–Kier alpha value is -1.74. The number of halogens is 2. The van der Waals surface area contributed by atoms with Crippen LogP contribution in [0.1, 0.15) is 16.1 Å². The summed E-state index contributed by atoms with van der Waals surface area (Å²) in [6, 6.07) is 4.11. The maximum Gasteiger partial charge on any atom is 0.254 e. The Bertz CT molecular complexity index is 835. The quantitative estimate of drug-likeness (QED) is 0.755. The summed E-state index contributed by atoms with van der Waals surface area (Å²) in [5, 5.41) is 3.09. The Labute approximate surface area is 172 Å².